The van der Waals surface area contributed by atoms with E-state index in [0.717, 1.165) is 17.1 Å². The molecule has 1 N–H and O–H groups in total. The van der Waals surface area contributed by atoms with Gasteiger partial charge in [0, 0.05) is 29.7 Å². The monoisotopic (exact) mass is 418 g/mol. The Morgan fingerprint density at radius 2 is 1.90 bits per heavy atom. The molecule has 9 heteroatoms. The molecule has 31 heavy (non-hydrogen) atoms. The average Bonchev–Trinajstić information content (AvgIpc) is 3.29. The van der Waals surface area contributed by atoms with E-state index in [-0.39, 0.29) is 12.3 Å². The minimum atomic E-state index is -0.144. The Balaban J connectivity index is 1.44. The fourth-order valence-corrected chi connectivity index (χ4v) is 3.17. The number of ether oxygens (including phenoxy) is 1. The largest absolute Gasteiger partial charge is 0.439 e. The van der Waals surface area contributed by atoms with E-state index in [9.17, 15) is 4.79 Å². The van der Waals surface area contributed by atoms with Gasteiger partial charge < -0.3 is 14.6 Å². The minimum Gasteiger partial charge on any atom is -0.439 e. The van der Waals surface area contributed by atoms with Gasteiger partial charge in [0.25, 0.3) is 0 Å². The topological polar surface area (TPSA) is 108 Å². The second-order valence-electron chi connectivity index (χ2n) is 7.11. The van der Waals surface area contributed by atoms with Gasteiger partial charge in [-0.2, -0.15) is 4.98 Å². The lowest BCUT2D eigenvalue weighted by molar-refractivity contribution is -0.115. The van der Waals surface area contributed by atoms with Crippen LogP contribution in [0.2, 0.25) is 0 Å². The lowest BCUT2D eigenvalue weighted by atomic mass is 10.1. The van der Waals surface area contributed by atoms with Crippen molar-refractivity contribution in [2.24, 2.45) is 0 Å². The number of amides is 1. The molecule has 0 spiro atoms. The van der Waals surface area contributed by atoms with Crippen LogP contribution in [0.5, 0.6) is 11.6 Å². The molecule has 0 saturated heterocycles. The number of hydrogen-bond acceptors (Lipinski definition) is 7. The first kappa shape index (κ1) is 20.3. The highest BCUT2D eigenvalue weighted by atomic mass is 16.5. The normalized spacial score (nSPS) is 10.8. The molecular formula is C22H22N6O3. The molecule has 4 aromatic rings. The van der Waals surface area contributed by atoms with Gasteiger partial charge in [0.1, 0.15) is 29.0 Å². The zero-order valence-electron chi connectivity index (χ0n) is 17.7. The highest BCUT2D eigenvalue weighted by Crippen LogP contribution is 2.24. The van der Waals surface area contributed by atoms with Crippen molar-refractivity contribution in [1.82, 2.24) is 24.7 Å². The number of nitrogens with one attached hydrogen (secondary N) is 1. The van der Waals surface area contributed by atoms with Gasteiger partial charge in [-0.1, -0.05) is 5.16 Å². The maximum Gasteiger partial charge on any atom is 0.228 e. The number of aryl methyl sites for hydroxylation is 4. The summed E-state index contributed by atoms with van der Waals surface area (Å²) < 4.78 is 12.9. The second-order valence-corrected chi connectivity index (χ2v) is 7.11. The summed E-state index contributed by atoms with van der Waals surface area (Å²) in [6.07, 6.45) is 3.75. The van der Waals surface area contributed by atoms with Crippen molar-refractivity contribution in [3.8, 4) is 17.4 Å². The molecule has 0 radical (unpaired) electrons. The molecular weight excluding hydrogens is 396 g/mol. The molecule has 3 aromatic heterocycles. The van der Waals surface area contributed by atoms with Crippen molar-refractivity contribution >= 4 is 11.6 Å². The molecule has 0 saturated carbocycles. The molecule has 3 heterocycles. The van der Waals surface area contributed by atoms with Crippen molar-refractivity contribution in [1.29, 1.82) is 0 Å². The minimum absolute atomic E-state index is 0.144. The molecule has 0 bridgehead atoms. The Kier molecular flexibility index (Phi) is 5.48. The molecule has 0 aliphatic rings. The summed E-state index contributed by atoms with van der Waals surface area (Å²) >= 11 is 0. The summed E-state index contributed by atoms with van der Waals surface area (Å²) in [5.41, 5.74) is 2.19. The number of anilines is 1. The number of carbonyl (C=O) groups is 1. The van der Waals surface area contributed by atoms with Crippen molar-refractivity contribution in [3.63, 3.8) is 0 Å². The summed E-state index contributed by atoms with van der Waals surface area (Å²) in [7, 11) is 0. The lowest BCUT2D eigenvalue weighted by Gasteiger charge is -2.10. The molecule has 4 rings (SSSR count). The molecule has 0 aliphatic carbocycles. The van der Waals surface area contributed by atoms with Gasteiger partial charge in [-0.25, -0.2) is 9.97 Å². The number of aromatic nitrogens is 5. The van der Waals surface area contributed by atoms with Crippen LogP contribution in [-0.4, -0.2) is 30.6 Å². The van der Waals surface area contributed by atoms with E-state index < -0.39 is 0 Å². The number of nitrogens with zero attached hydrogens (tertiary/aromatic N) is 5. The van der Waals surface area contributed by atoms with Crippen molar-refractivity contribution in [2.75, 3.05) is 5.32 Å². The number of hydrogen-bond donors (Lipinski definition) is 1. The van der Waals surface area contributed by atoms with Crippen LogP contribution < -0.4 is 10.1 Å². The van der Waals surface area contributed by atoms with Crippen LogP contribution in [0.3, 0.4) is 0 Å². The van der Waals surface area contributed by atoms with E-state index in [4.69, 9.17) is 9.26 Å². The van der Waals surface area contributed by atoms with Crippen LogP contribution in [0.15, 0.2) is 47.2 Å². The Morgan fingerprint density at radius 3 is 2.55 bits per heavy atom. The fourth-order valence-electron chi connectivity index (χ4n) is 3.17. The van der Waals surface area contributed by atoms with E-state index in [0.29, 0.717) is 34.7 Å². The second kappa shape index (κ2) is 8.39. The third-order valence-electron chi connectivity index (χ3n) is 4.75. The fraction of sp³-hybridized carbons (Fsp3) is 0.227. The smallest absolute Gasteiger partial charge is 0.228 e. The van der Waals surface area contributed by atoms with Crippen molar-refractivity contribution < 1.29 is 14.1 Å². The number of rotatable bonds is 6. The number of carbonyl (C=O) groups excluding carboxylic acids is 1. The molecule has 0 atom stereocenters. The van der Waals surface area contributed by atoms with Gasteiger partial charge in [-0.05, 0) is 52.0 Å². The van der Waals surface area contributed by atoms with Gasteiger partial charge in [0.2, 0.25) is 11.8 Å². The van der Waals surface area contributed by atoms with Crippen LogP contribution in [0, 0.1) is 27.7 Å². The molecule has 0 fully saturated rings. The Hall–Kier alpha value is -4.01. The van der Waals surface area contributed by atoms with E-state index in [2.05, 4.69) is 25.4 Å². The average molecular weight is 418 g/mol. The Labute approximate surface area is 179 Å². The SMILES string of the molecule is Cc1nc(Oc2ccc(NC(=O)Cc3c(C)noc3C)cc2)cc(-n2ccnc2C)n1. The summed E-state index contributed by atoms with van der Waals surface area (Å²) in [6, 6.07) is 8.84. The van der Waals surface area contributed by atoms with Crippen LogP contribution in [-0.2, 0) is 11.2 Å². The van der Waals surface area contributed by atoms with Crippen LogP contribution in [0.4, 0.5) is 5.69 Å². The summed E-state index contributed by atoms with van der Waals surface area (Å²) in [4.78, 5) is 25.3. The van der Waals surface area contributed by atoms with Crippen LogP contribution >= 0.6 is 0 Å². The zero-order valence-corrected chi connectivity index (χ0v) is 17.7. The maximum absolute atomic E-state index is 12.3. The molecule has 1 aromatic carbocycles. The maximum atomic E-state index is 12.3. The van der Waals surface area contributed by atoms with Crippen LogP contribution in [0.25, 0.3) is 5.82 Å². The molecule has 1 amide bonds. The van der Waals surface area contributed by atoms with Gasteiger partial charge in [0.15, 0.2) is 0 Å². The van der Waals surface area contributed by atoms with Crippen LogP contribution in [0.1, 0.15) is 28.7 Å². The summed E-state index contributed by atoms with van der Waals surface area (Å²) in [5.74, 6) is 3.61. The molecule has 0 unspecified atom stereocenters. The number of benzene rings is 1. The molecule has 158 valence electrons. The predicted octanol–water partition coefficient (Wildman–Crippen LogP) is 3.86. The summed E-state index contributed by atoms with van der Waals surface area (Å²) in [5, 5.41) is 6.74. The van der Waals surface area contributed by atoms with E-state index in [1.807, 2.05) is 24.6 Å². The zero-order chi connectivity index (χ0) is 22.0. The first-order chi connectivity index (χ1) is 14.9. The standard InChI is InChI=1S/C22H22N6O3/c1-13-19(14(2)31-27-13)11-21(29)26-17-5-7-18(8-6-17)30-22-12-20(24-15(3)25-22)28-10-9-23-16(28)4/h5-10,12H,11H2,1-4H3,(H,26,29). The third-order valence-corrected chi connectivity index (χ3v) is 4.75. The van der Waals surface area contributed by atoms with E-state index in [1.54, 1.807) is 50.4 Å². The van der Waals surface area contributed by atoms with Crippen molar-refractivity contribution in [3.05, 3.63) is 71.4 Å². The first-order valence-electron chi connectivity index (χ1n) is 9.74. The highest BCUT2D eigenvalue weighted by molar-refractivity contribution is 5.92. The Morgan fingerprint density at radius 1 is 1.13 bits per heavy atom. The lowest BCUT2D eigenvalue weighted by Crippen LogP contribution is -2.15. The van der Waals surface area contributed by atoms with Gasteiger partial charge in [-0.3, -0.25) is 9.36 Å². The molecule has 0 aliphatic heterocycles. The molecule has 9 nitrogen and oxygen atoms in total. The van der Waals surface area contributed by atoms with Gasteiger partial charge >= 0.3 is 0 Å². The van der Waals surface area contributed by atoms with Gasteiger partial charge in [-0.15, -0.1) is 0 Å². The summed E-state index contributed by atoms with van der Waals surface area (Å²) in [6.45, 7) is 7.32. The van der Waals surface area contributed by atoms with Crippen molar-refractivity contribution in [2.45, 2.75) is 34.1 Å². The number of imidazole rings is 1. The van der Waals surface area contributed by atoms with Gasteiger partial charge in [0.05, 0.1) is 12.1 Å². The quantitative estimate of drug-likeness (QED) is 0.506. The highest BCUT2D eigenvalue weighted by Gasteiger charge is 2.14. The van der Waals surface area contributed by atoms with E-state index in [1.165, 1.54) is 0 Å². The predicted molar refractivity (Wildman–Crippen MR) is 113 cm³/mol. The van der Waals surface area contributed by atoms with E-state index >= 15 is 0 Å². The Bertz CT molecular complexity index is 1210. The third kappa shape index (κ3) is 4.61. The first-order valence-corrected chi connectivity index (χ1v) is 9.74.